The summed E-state index contributed by atoms with van der Waals surface area (Å²) < 4.78 is 0. The smallest absolute Gasteiger partial charge is 0.0409 e. The maximum atomic E-state index is 6.73. The predicted molar refractivity (Wildman–Crippen MR) is 90.0 cm³/mol. The summed E-state index contributed by atoms with van der Waals surface area (Å²) >= 11 is 0. The zero-order valence-electron chi connectivity index (χ0n) is 12.9. The van der Waals surface area contributed by atoms with Gasteiger partial charge in [0.1, 0.15) is 0 Å². The minimum Gasteiger partial charge on any atom is -0.321 e. The molecule has 0 heterocycles. The molecule has 21 heavy (non-hydrogen) atoms. The molecule has 2 atom stereocenters. The minimum absolute atomic E-state index is 0.125. The lowest BCUT2D eigenvalue weighted by molar-refractivity contribution is 0.378. The Hall–Kier alpha value is -1.60. The Bertz CT molecular complexity index is 573. The molecule has 2 aromatic rings. The highest BCUT2D eigenvalue weighted by atomic mass is 14.7. The molecule has 1 heteroatoms. The number of nitrogens with two attached hydrogens (primary N) is 1. The summed E-state index contributed by atoms with van der Waals surface area (Å²) in [6.07, 6.45) is 6.04. The minimum atomic E-state index is -0.125. The van der Waals surface area contributed by atoms with Crippen molar-refractivity contribution in [2.45, 2.75) is 44.6 Å². The van der Waals surface area contributed by atoms with Gasteiger partial charge in [-0.1, -0.05) is 74.4 Å². The molecule has 3 rings (SSSR count). The lowest BCUT2D eigenvalue weighted by atomic mass is 9.83. The molecule has 2 unspecified atom stereocenters. The summed E-state index contributed by atoms with van der Waals surface area (Å²) in [6, 6.07) is 19.4. The van der Waals surface area contributed by atoms with Crippen molar-refractivity contribution >= 4 is 0 Å². The SMILES string of the molecule is CC1CCCC(N)(c2ccc(-c3ccccc3)cc2)CC1. The van der Waals surface area contributed by atoms with Crippen LogP contribution in [-0.2, 0) is 5.54 Å². The van der Waals surface area contributed by atoms with Crippen LogP contribution in [0, 0.1) is 5.92 Å². The molecule has 2 N–H and O–H groups in total. The fraction of sp³-hybridized carbons (Fsp3) is 0.400. The Kier molecular flexibility index (Phi) is 4.12. The molecular formula is C20H25N. The highest BCUT2D eigenvalue weighted by Crippen LogP contribution is 2.36. The van der Waals surface area contributed by atoms with Crippen LogP contribution in [0.3, 0.4) is 0 Å². The van der Waals surface area contributed by atoms with E-state index in [9.17, 15) is 0 Å². The summed E-state index contributed by atoms with van der Waals surface area (Å²) in [6.45, 7) is 2.35. The molecule has 0 spiro atoms. The van der Waals surface area contributed by atoms with E-state index in [0.29, 0.717) is 0 Å². The normalized spacial score (nSPS) is 26.3. The van der Waals surface area contributed by atoms with E-state index >= 15 is 0 Å². The molecule has 1 aliphatic carbocycles. The highest BCUT2D eigenvalue weighted by molar-refractivity contribution is 5.63. The Morgan fingerprint density at radius 2 is 1.52 bits per heavy atom. The van der Waals surface area contributed by atoms with Gasteiger partial charge >= 0.3 is 0 Å². The fourth-order valence-electron chi connectivity index (χ4n) is 3.45. The monoisotopic (exact) mass is 279 g/mol. The topological polar surface area (TPSA) is 26.0 Å². The van der Waals surface area contributed by atoms with Crippen molar-refractivity contribution in [2.24, 2.45) is 11.7 Å². The van der Waals surface area contributed by atoms with Crippen LogP contribution >= 0.6 is 0 Å². The van der Waals surface area contributed by atoms with E-state index < -0.39 is 0 Å². The van der Waals surface area contributed by atoms with E-state index in [1.54, 1.807) is 0 Å². The third kappa shape index (κ3) is 3.19. The van der Waals surface area contributed by atoms with Crippen LogP contribution in [0.15, 0.2) is 54.6 Å². The molecule has 0 aliphatic heterocycles. The van der Waals surface area contributed by atoms with Crippen molar-refractivity contribution in [1.82, 2.24) is 0 Å². The molecule has 0 saturated heterocycles. The molecule has 0 amide bonds. The molecule has 2 aromatic carbocycles. The van der Waals surface area contributed by atoms with Gasteiger partial charge in [0.15, 0.2) is 0 Å². The lowest BCUT2D eigenvalue weighted by Gasteiger charge is -2.29. The Morgan fingerprint density at radius 3 is 2.24 bits per heavy atom. The zero-order valence-corrected chi connectivity index (χ0v) is 12.9. The quantitative estimate of drug-likeness (QED) is 0.760. The predicted octanol–water partition coefficient (Wildman–Crippen LogP) is 5.11. The summed E-state index contributed by atoms with van der Waals surface area (Å²) in [4.78, 5) is 0. The van der Waals surface area contributed by atoms with Crippen LogP contribution < -0.4 is 5.73 Å². The number of rotatable bonds is 2. The van der Waals surface area contributed by atoms with Crippen molar-refractivity contribution in [3.63, 3.8) is 0 Å². The van der Waals surface area contributed by atoms with E-state index in [2.05, 4.69) is 61.5 Å². The van der Waals surface area contributed by atoms with Crippen LogP contribution in [0.25, 0.3) is 11.1 Å². The summed E-state index contributed by atoms with van der Waals surface area (Å²) in [5, 5.41) is 0. The van der Waals surface area contributed by atoms with Gasteiger partial charge in [0.05, 0.1) is 0 Å². The second-order valence-corrected chi connectivity index (χ2v) is 6.64. The Balaban J connectivity index is 1.83. The third-order valence-electron chi connectivity index (χ3n) is 4.97. The van der Waals surface area contributed by atoms with Gasteiger partial charge in [0.2, 0.25) is 0 Å². The number of benzene rings is 2. The second kappa shape index (κ2) is 6.03. The number of hydrogen-bond acceptors (Lipinski definition) is 1. The first-order chi connectivity index (χ1) is 10.2. The van der Waals surface area contributed by atoms with Crippen molar-refractivity contribution < 1.29 is 0 Å². The molecule has 0 aromatic heterocycles. The van der Waals surface area contributed by atoms with Gasteiger partial charge in [0, 0.05) is 5.54 Å². The molecule has 0 bridgehead atoms. The van der Waals surface area contributed by atoms with Crippen LogP contribution in [0.2, 0.25) is 0 Å². The molecule has 110 valence electrons. The van der Waals surface area contributed by atoms with Gasteiger partial charge < -0.3 is 5.73 Å². The molecule has 0 radical (unpaired) electrons. The molecule has 1 aliphatic rings. The first-order valence-corrected chi connectivity index (χ1v) is 8.12. The first-order valence-electron chi connectivity index (χ1n) is 8.12. The second-order valence-electron chi connectivity index (χ2n) is 6.64. The van der Waals surface area contributed by atoms with Gasteiger partial charge in [0.25, 0.3) is 0 Å². The van der Waals surface area contributed by atoms with E-state index in [1.807, 2.05) is 0 Å². The number of hydrogen-bond donors (Lipinski definition) is 1. The van der Waals surface area contributed by atoms with Crippen LogP contribution in [0.4, 0.5) is 0 Å². The van der Waals surface area contributed by atoms with Gasteiger partial charge in [-0.25, -0.2) is 0 Å². The van der Waals surface area contributed by atoms with Crippen LogP contribution in [-0.4, -0.2) is 0 Å². The summed E-state index contributed by atoms with van der Waals surface area (Å²) in [7, 11) is 0. The molecule has 1 fully saturated rings. The van der Waals surface area contributed by atoms with Crippen LogP contribution in [0.5, 0.6) is 0 Å². The summed E-state index contributed by atoms with van der Waals surface area (Å²) in [5.74, 6) is 0.819. The van der Waals surface area contributed by atoms with Gasteiger partial charge in [-0.3, -0.25) is 0 Å². The first kappa shape index (κ1) is 14.3. The van der Waals surface area contributed by atoms with E-state index in [0.717, 1.165) is 18.8 Å². The standard InChI is InChI=1S/C20H25N/c1-16-6-5-14-20(21,15-13-16)19-11-9-18(10-12-19)17-7-3-2-4-8-17/h2-4,7-12,16H,5-6,13-15,21H2,1H3. The highest BCUT2D eigenvalue weighted by Gasteiger charge is 2.29. The average molecular weight is 279 g/mol. The maximum absolute atomic E-state index is 6.73. The largest absolute Gasteiger partial charge is 0.321 e. The van der Waals surface area contributed by atoms with Gasteiger partial charge in [-0.15, -0.1) is 0 Å². The molecule has 1 saturated carbocycles. The molecule has 1 nitrogen and oxygen atoms in total. The fourth-order valence-corrected chi connectivity index (χ4v) is 3.45. The van der Waals surface area contributed by atoms with Gasteiger partial charge in [-0.05, 0) is 41.9 Å². The third-order valence-corrected chi connectivity index (χ3v) is 4.97. The van der Waals surface area contributed by atoms with Crippen molar-refractivity contribution in [3.05, 3.63) is 60.2 Å². The van der Waals surface area contributed by atoms with Crippen molar-refractivity contribution in [2.75, 3.05) is 0 Å². The molecular weight excluding hydrogens is 254 g/mol. The van der Waals surface area contributed by atoms with Crippen molar-refractivity contribution in [3.8, 4) is 11.1 Å². The Morgan fingerprint density at radius 1 is 0.857 bits per heavy atom. The maximum Gasteiger partial charge on any atom is 0.0409 e. The van der Waals surface area contributed by atoms with Crippen LogP contribution in [0.1, 0.15) is 44.6 Å². The van der Waals surface area contributed by atoms with Gasteiger partial charge in [-0.2, -0.15) is 0 Å². The zero-order chi connectivity index (χ0) is 14.7. The average Bonchev–Trinajstić information content (AvgIpc) is 2.71. The van der Waals surface area contributed by atoms with E-state index in [1.165, 1.54) is 36.0 Å². The van der Waals surface area contributed by atoms with E-state index in [4.69, 9.17) is 5.73 Å². The summed E-state index contributed by atoms with van der Waals surface area (Å²) in [5.41, 5.74) is 10.4. The van der Waals surface area contributed by atoms with Crippen molar-refractivity contribution in [1.29, 1.82) is 0 Å². The Labute approximate surface area is 128 Å². The lowest BCUT2D eigenvalue weighted by Crippen LogP contribution is -2.36. The van der Waals surface area contributed by atoms with E-state index in [-0.39, 0.29) is 5.54 Å².